The van der Waals surface area contributed by atoms with E-state index in [0.29, 0.717) is 0 Å². The quantitative estimate of drug-likeness (QED) is 0.827. The molecule has 0 aliphatic rings. The SMILES string of the molecule is O=C(O)c1ccccn1.[Gd]. The average molecular weight is 280 g/mol. The van der Waals surface area contributed by atoms with Gasteiger partial charge >= 0.3 is 5.97 Å². The third-order valence-electron chi connectivity index (χ3n) is 0.884. The normalized spacial score (nSPS) is 8.00. The van der Waals surface area contributed by atoms with Gasteiger partial charge < -0.3 is 5.11 Å². The van der Waals surface area contributed by atoms with Gasteiger partial charge in [-0.1, -0.05) is 6.07 Å². The van der Waals surface area contributed by atoms with Crippen LogP contribution in [0.4, 0.5) is 0 Å². The van der Waals surface area contributed by atoms with E-state index in [1.54, 1.807) is 12.1 Å². The summed E-state index contributed by atoms with van der Waals surface area (Å²) in [6.45, 7) is 0. The van der Waals surface area contributed by atoms with Crippen LogP contribution in [0, 0.1) is 39.9 Å². The molecule has 0 fully saturated rings. The predicted molar refractivity (Wildman–Crippen MR) is 31.2 cm³/mol. The van der Waals surface area contributed by atoms with Crippen LogP contribution in [0.2, 0.25) is 0 Å². The van der Waals surface area contributed by atoms with Gasteiger partial charge in [-0.15, -0.1) is 0 Å². The van der Waals surface area contributed by atoms with Crippen LogP contribution in [-0.4, -0.2) is 16.1 Å². The molecule has 0 aliphatic carbocycles. The molecule has 4 heteroatoms. The first-order chi connectivity index (χ1) is 4.30. The molecule has 0 unspecified atom stereocenters. The fourth-order valence-electron chi connectivity index (χ4n) is 0.489. The van der Waals surface area contributed by atoms with E-state index in [-0.39, 0.29) is 45.6 Å². The van der Waals surface area contributed by atoms with Crippen molar-refractivity contribution in [2.24, 2.45) is 0 Å². The zero-order valence-electron chi connectivity index (χ0n) is 4.97. The van der Waals surface area contributed by atoms with Crippen LogP contribution < -0.4 is 0 Å². The molecule has 0 saturated heterocycles. The van der Waals surface area contributed by atoms with Crippen molar-refractivity contribution < 1.29 is 49.8 Å². The standard InChI is InChI=1S/C6H5NO2.Gd/c8-6(9)5-3-1-2-4-7-5;/h1-4H,(H,8,9);. The largest absolute Gasteiger partial charge is 0.477 e. The minimum Gasteiger partial charge on any atom is -0.477 e. The maximum Gasteiger partial charge on any atom is 0.354 e. The molecule has 0 aromatic carbocycles. The van der Waals surface area contributed by atoms with Gasteiger partial charge in [0.15, 0.2) is 0 Å². The van der Waals surface area contributed by atoms with E-state index in [1.165, 1.54) is 12.3 Å². The third-order valence-corrected chi connectivity index (χ3v) is 0.884. The summed E-state index contributed by atoms with van der Waals surface area (Å²) < 4.78 is 0. The average Bonchev–Trinajstić information content (AvgIpc) is 1.90. The zero-order valence-corrected chi connectivity index (χ0v) is 7.23. The van der Waals surface area contributed by atoms with E-state index in [0.717, 1.165) is 0 Å². The number of rotatable bonds is 1. The number of carboxylic acids is 1. The molecule has 0 atom stereocenters. The van der Waals surface area contributed by atoms with Crippen molar-refractivity contribution in [3.8, 4) is 0 Å². The minimum absolute atomic E-state index is 0. The summed E-state index contributed by atoms with van der Waals surface area (Å²) in [6.07, 6.45) is 1.45. The van der Waals surface area contributed by atoms with Crippen molar-refractivity contribution in [3.63, 3.8) is 0 Å². The van der Waals surface area contributed by atoms with Crippen molar-refractivity contribution in [1.82, 2.24) is 4.98 Å². The number of carbonyl (C=O) groups is 1. The molecule has 1 aromatic heterocycles. The molecule has 1 aromatic rings. The van der Waals surface area contributed by atoms with Crippen LogP contribution in [0.3, 0.4) is 0 Å². The molecule has 0 radical (unpaired) electrons. The molecular formula is C6H5GdNO2. The van der Waals surface area contributed by atoms with Gasteiger partial charge in [-0.3, -0.25) is 0 Å². The smallest absolute Gasteiger partial charge is 0.354 e. The van der Waals surface area contributed by atoms with Gasteiger partial charge in [0, 0.05) is 46.1 Å². The van der Waals surface area contributed by atoms with Gasteiger partial charge in [-0.25, -0.2) is 9.78 Å². The number of aromatic carboxylic acids is 1. The van der Waals surface area contributed by atoms with Gasteiger partial charge in [0.2, 0.25) is 0 Å². The summed E-state index contributed by atoms with van der Waals surface area (Å²) in [4.78, 5) is 13.7. The summed E-state index contributed by atoms with van der Waals surface area (Å²) in [5.41, 5.74) is 0.0810. The third kappa shape index (κ3) is 2.69. The first kappa shape index (κ1) is 9.94. The Morgan fingerprint density at radius 2 is 2.20 bits per heavy atom. The Morgan fingerprint density at radius 3 is 2.50 bits per heavy atom. The summed E-state index contributed by atoms with van der Waals surface area (Å²) >= 11 is 0. The summed E-state index contributed by atoms with van der Waals surface area (Å²) in [5.74, 6) is -0.990. The van der Waals surface area contributed by atoms with Crippen molar-refractivity contribution in [2.45, 2.75) is 0 Å². The second-order valence-corrected chi connectivity index (χ2v) is 1.52. The molecule has 0 bridgehead atoms. The van der Waals surface area contributed by atoms with Crippen LogP contribution in [0.1, 0.15) is 10.5 Å². The van der Waals surface area contributed by atoms with E-state index in [4.69, 9.17) is 5.11 Å². The number of carboxylic acid groups (broad SMARTS) is 1. The fraction of sp³-hybridized carbons (Fsp3) is 0. The van der Waals surface area contributed by atoms with Crippen molar-refractivity contribution in [1.29, 1.82) is 0 Å². The summed E-state index contributed by atoms with van der Waals surface area (Å²) in [6, 6.07) is 4.76. The topological polar surface area (TPSA) is 50.2 Å². The second kappa shape index (κ2) is 4.71. The molecule has 0 spiro atoms. The number of aromatic nitrogens is 1. The zero-order chi connectivity index (χ0) is 6.69. The van der Waals surface area contributed by atoms with E-state index < -0.39 is 5.97 Å². The van der Waals surface area contributed by atoms with Crippen LogP contribution in [0.15, 0.2) is 24.4 Å². The summed E-state index contributed by atoms with van der Waals surface area (Å²) in [5, 5.41) is 8.32. The molecule has 10 heavy (non-hydrogen) atoms. The molecule has 1 N–H and O–H groups in total. The van der Waals surface area contributed by atoms with Gasteiger partial charge in [0.1, 0.15) is 5.69 Å². The first-order valence-electron chi connectivity index (χ1n) is 2.45. The monoisotopic (exact) mass is 281 g/mol. The number of hydrogen-bond donors (Lipinski definition) is 1. The van der Waals surface area contributed by atoms with Crippen molar-refractivity contribution in [2.75, 3.05) is 0 Å². The minimum atomic E-state index is -0.990. The Labute approximate surface area is 90.2 Å². The number of nitrogens with zero attached hydrogens (tertiary/aromatic N) is 1. The number of pyridine rings is 1. The van der Waals surface area contributed by atoms with Crippen LogP contribution >= 0.6 is 0 Å². The molecule has 3 nitrogen and oxygen atoms in total. The fourth-order valence-corrected chi connectivity index (χ4v) is 0.489. The predicted octanol–water partition coefficient (Wildman–Crippen LogP) is 0.780. The Morgan fingerprint density at radius 1 is 1.50 bits per heavy atom. The Balaban J connectivity index is 0.000000810. The van der Waals surface area contributed by atoms with Crippen molar-refractivity contribution >= 4 is 5.97 Å². The molecule has 54 valence electrons. The molecule has 0 amide bonds. The van der Waals surface area contributed by atoms with Crippen molar-refractivity contribution in [3.05, 3.63) is 30.1 Å². The first-order valence-corrected chi connectivity index (χ1v) is 2.45. The van der Waals surface area contributed by atoms with Gasteiger partial charge in [0.25, 0.3) is 0 Å². The van der Waals surface area contributed by atoms with Crippen LogP contribution in [0.25, 0.3) is 0 Å². The van der Waals surface area contributed by atoms with Gasteiger partial charge in [-0.05, 0) is 12.1 Å². The van der Waals surface area contributed by atoms with Gasteiger partial charge in [0.05, 0.1) is 0 Å². The molecule has 1 heterocycles. The van der Waals surface area contributed by atoms with E-state index in [1.807, 2.05) is 0 Å². The Kier molecular flexibility index (Phi) is 4.69. The second-order valence-electron chi connectivity index (χ2n) is 1.52. The Bertz CT molecular complexity index is 212. The van der Waals surface area contributed by atoms with Gasteiger partial charge in [-0.2, -0.15) is 0 Å². The summed E-state index contributed by atoms with van der Waals surface area (Å²) in [7, 11) is 0. The van der Waals surface area contributed by atoms with Crippen LogP contribution in [0.5, 0.6) is 0 Å². The number of hydrogen-bond acceptors (Lipinski definition) is 2. The molecule has 0 aliphatic heterocycles. The van der Waals surface area contributed by atoms with E-state index in [2.05, 4.69) is 4.98 Å². The maximum atomic E-state index is 10.1. The van der Waals surface area contributed by atoms with Crippen LogP contribution in [-0.2, 0) is 0 Å². The molecule has 0 saturated carbocycles. The molecule has 1 rings (SSSR count). The van der Waals surface area contributed by atoms with E-state index >= 15 is 0 Å². The van der Waals surface area contributed by atoms with E-state index in [9.17, 15) is 4.79 Å². The molecular weight excluding hydrogens is 275 g/mol. The maximum absolute atomic E-state index is 10.1. The Hall–Kier alpha value is -0.0553.